The van der Waals surface area contributed by atoms with Gasteiger partial charge in [-0.15, -0.1) is 0 Å². The van der Waals surface area contributed by atoms with Gasteiger partial charge in [-0.25, -0.2) is 0 Å². The number of hydrogen-bond acceptors (Lipinski definition) is 2. The van der Waals surface area contributed by atoms with Crippen LogP contribution in [0.2, 0.25) is 0 Å². The lowest BCUT2D eigenvalue weighted by Crippen LogP contribution is -2.27. The summed E-state index contributed by atoms with van der Waals surface area (Å²) in [5.74, 6) is -0.374. The van der Waals surface area contributed by atoms with Crippen molar-refractivity contribution in [2.45, 2.75) is 32.6 Å². The van der Waals surface area contributed by atoms with Crippen LogP contribution in [0.25, 0.3) is 0 Å². The van der Waals surface area contributed by atoms with Crippen molar-refractivity contribution >= 4 is 19.8 Å². The second-order valence-corrected chi connectivity index (χ2v) is 5.13. The molecule has 3 nitrogen and oxygen atoms in total. The second-order valence-electron chi connectivity index (χ2n) is 5.13. The lowest BCUT2D eigenvalue weighted by atomic mass is 9.79. The fourth-order valence-corrected chi connectivity index (χ4v) is 2.16. The van der Waals surface area contributed by atoms with Crippen LogP contribution in [0, 0.1) is 0 Å². The summed E-state index contributed by atoms with van der Waals surface area (Å²) >= 11 is 0. The molecule has 0 aromatic heterocycles. The fourth-order valence-electron chi connectivity index (χ4n) is 2.16. The number of rotatable bonds is 2. The van der Waals surface area contributed by atoms with E-state index in [1.54, 1.807) is 6.07 Å². The van der Waals surface area contributed by atoms with Gasteiger partial charge in [0.05, 0.1) is 11.1 Å². The van der Waals surface area contributed by atoms with Crippen molar-refractivity contribution in [3.8, 4) is 0 Å². The van der Waals surface area contributed by atoms with Gasteiger partial charge in [-0.2, -0.15) is 0 Å². The lowest BCUT2D eigenvalue weighted by molar-refractivity contribution is 0.0765. The summed E-state index contributed by atoms with van der Waals surface area (Å²) in [4.78, 5) is 25.2. The van der Waals surface area contributed by atoms with Crippen LogP contribution in [0.4, 0.5) is 0 Å². The quantitative estimate of drug-likeness (QED) is 0.569. The smallest absolute Gasteiger partial charge is 0.249 e. The SMILES string of the molecule is BN1C(=O)c2cccc(C(C)(C)CC)c2C1=O. The molecule has 2 rings (SSSR count). The third kappa shape index (κ3) is 1.59. The van der Waals surface area contributed by atoms with Crippen molar-refractivity contribution in [1.82, 2.24) is 4.81 Å². The topological polar surface area (TPSA) is 37.4 Å². The molecule has 1 aromatic carbocycles. The largest absolute Gasteiger partial charge is 0.328 e. The Morgan fingerprint density at radius 1 is 1.24 bits per heavy atom. The zero-order valence-corrected chi connectivity index (χ0v) is 10.7. The van der Waals surface area contributed by atoms with E-state index >= 15 is 0 Å². The van der Waals surface area contributed by atoms with Gasteiger partial charge in [0, 0.05) is 0 Å². The Morgan fingerprint density at radius 2 is 1.88 bits per heavy atom. The monoisotopic (exact) mass is 229 g/mol. The van der Waals surface area contributed by atoms with Crippen LogP contribution in [0.15, 0.2) is 18.2 Å². The molecule has 0 bridgehead atoms. The highest BCUT2D eigenvalue weighted by atomic mass is 16.2. The van der Waals surface area contributed by atoms with Crippen molar-refractivity contribution in [3.63, 3.8) is 0 Å². The summed E-state index contributed by atoms with van der Waals surface area (Å²) in [6.07, 6.45) is 0.925. The third-order valence-corrected chi connectivity index (χ3v) is 3.73. The molecule has 0 N–H and O–H groups in total. The maximum absolute atomic E-state index is 12.1. The number of benzene rings is 1. The predicted molar refractivity (Wildman–Crippen MR) is 68.8 cm³/mol. The highest BCUT2D eigenvalue weighted by molar-refractivity contribution is 6.36. The van der Waals surface area contributed by atoms with Crippen LogP contribution in [-0.4, -0.2) is 24.6 Å². The number of amides is 2. The van der Waals surface area contributed by atoms with Crippen LogP contribution in [0.5, 0.6) is 0 Å². The van der Waals surface area contributed by atoms with E-state index in [0.717, 1.165) is 12.0 Å². The number of fused-ring (bicyclic) bond motifs is 1. The van der Waals surface area contributed by atoms with E-state index in [0.29, 0.717) is 11.1 Å². The summed E-state index contributed by atoms with van der Waals surface area (Å²) in [5.41, 5.74) is 2.01. The normalized spacial score (nSPS) is 15.4. The standard InChI is InChI=1S/C13H16BNO2/c1-4-13(2,3)9-7-5-6-8-10(9)12(17)15(14)11(8)16/h5-7H,4,14H2,1-3H3. The molecule has 4 heteroatoms. The number of carbonyl (C=O) groups is 2. The van der Waals surface area contributed by atoms with Crippen molar-refractivity contribution in [2.75, 3.05) is 0 Å². The van der Waals surface area contributed by atoms with Gasteiger partial charge < -0.3 is 4.81 Å². The van der Waals surface area contributed by atoms with Gasteiger partial charge in [0.25, 0.3) is 0 Å². The molecule has 17 heavy (non-hydrogen) atoms. The zero-order valence-electron chi connectivity index (χ0n) is 10.7. The molecule has 0 atom stereocenters. The van der Waals surface area contributed by atoms with Crippen LogP contribution < -0.4 is 0 Å². The minimum atomic E-state index is -0.196. The van der Waals surface area contributed by atoms with E-state index in [2.05, 4.69) is 20.8 Å². The van der Waals surface area contributed by atoms with Crippen LogP contribution in [0.3, 0.4) is 0 Å². The van der Waals surface area contributed by atoms with Gasteiger partial charge in [-0.05, 0) is 23.5 Å². The molecule has 1 aromatic rings. The van der Waals surface area contributed by atoms with Gasteiger partial charge in [0.1, 0.15) is 0 Å². The first kappa shape index (κ1) is 11.9. The first-order chi connectivity index (χ1) is 7.90. The number of carbonyl (C=O) groups excluding carboxylic acids is 2. The Labute approximate surface area is 102 Å². The zero-order chi connectivity index (χ0) is 12.8. The molecule has 0 spiro atoms. The highest BCUT2D eigenvalue weighted by Gasteiger charge is 2.37. The molecule has 1 aliphatic heterocycles. The van der Waals surface area contributed by atoms with Gasteiger partial charge in [-0.3, -0.25) is 9.59 Å². The van der Waals surface area contributed by atoms with Crippen molar-refractivity contribution in [2.24, 2.45) is 0 Å². The molecule has 0 saturated carbocycles. The molecule has 0 aliphatic carbocycles. The Kier molecular flexibility index (Phi) is 2.61. The minimum absolute atomic E-state index is 0.0908. The van der Waals surface area contributed by atoms with E-state index < -0.39 is 0 Å². The summed E-state index contributed by atoms with van der Waals surface area (Å²) in [6, 6.07) is 5.54. The fraction of sp³-hybridized carbons (Fsp3) is 0.385. The molecule has 1 heterocycles. The average Bonchev–Trinajstić information content (AvgIpc) is 2.54. The first-order valence-electron chi connectivity index (χ1n) is 5.86. The van der Waals surface area contributed by atoms with E-state index in [4.69, 9.17) is 0 Å². The molecule has 0 radical (unpaired) electrons. The molecule has 0 unspecified atom stereocenters. The molecular weight excluding hydrogens is 213 g/mol. The van der Waals surface area contributed by atoms with Crippen LogP contribution in [0.1, 0.15) is 53.5 Å². The van der Waals surface area contributed by atoms with Crippen molar-refractivity contribution in [1.29, 1.82) is 0 Å². The number of imide groups is 1. The minimum Gasteiger partial charge on any atom is -0.328 e. The average molecular weight is 229 g/mol. The number of nitrogens with zero attached hydrogens (tertiary/aromatic N) is 1. The van der Waals surface area contributed by atoms with Crippen LogP contribution >= 0.6 is 0 Å². The third-order valence-electron chi connectivity index (χ3n) is 3.73. The summed E-state index contributed by atoms with van der Waals surface area (Å²) in [6.45, 7) is 6.28. The molecule has 1 aliphatic rings. The first-order valence-corrected chi connectivity index (χ1v) is 5.86. The van der Waals surface area contributed by atoms with E-state index in [1.165, 1.54) is 12.8 Å². The van der Waals surface area contributed by atoms with E-state index in [1.807, 2.05) is 12.1 Å². The predicted octanol–water partition coefficient (Wildman–Crippen LogP) is 1.52. The molecule has 88 valence electrons. The summed E-state index contributed by atoms with van der Waals surface area (Å²) in [5, 5.41) is 0. The van der Waals surface area contributed by atoms with Crippen molar-refractivity contribution < 1.29 is 9.59 Å². The van der Waals surface area contributed by atoms with Crippen LogP contribution in [-0.2, 0) is 5.41 Å². The maximum atomic E-state index is 12.1. The van der Waals surface area contributed by atoms with E-state index in [-0.39, 0.29) is 17.2 Å². The Balaban J connectivity index is 2.69. The van der Waals surface area contributed by atoms with Crippen molar-refractivity contribution in [3.05, 3.63) is 34.9 Å². The van der Waals surface area contributed by atoms with Gasteiger partial charge in [-0.1, -0.05) is 32.9 Å². The Morgan fingerprint density at radius 3 is 2.47 bits per heavy atom. The van der Waals surface area contributed by atoms with Gasteiger partial charge in [0.15, 0.2) is 0 Å². The molecule has 0 fully saturated rings. The summed E-state index contributed by atoms with van der Waals surface area (Å²) < 4.78 is 0. The number of hydrogen-bond donors (Lipinski definition) is 0. The molecule has 0 saturated heterocycles. The Bertz CT molecular complexity index is 508. The van der Waals surface area contributed by atoms with Gasteiger partial charge in [0.2, 0.25) is 19.8 Å². The second kappa shape index (κ2) is 3.72. The lowest BCUT2D eigenvalue weighted by Gasteiger charge is -2.25. The molecular formula is C13H16BNO2. The van der Waals surface area contributed by atoms with E-state index in [9.17, 15) is 9.59 Å². The van der Waals surface area contributed by atoms with Gasteiger partial charge >= 0.3 is 0 Å². The summed E-state index contributed by atoms with van der Waals surface area (Å²) in [7, 11) is 1.54. The maximum Gasteiger partial charge on any atom is 0.249 e. The molecule has 2 amide bonds. The Hall–Kier alpha value is -1.58. The highest BCUT2D eigenvalue weighted by Crippen LogP contribution is 2.34.